The molecule has 0 aromatic carbocycles. The summed E-state index contributed by atoms with van der Waals surface area (Å²) in [4.78, 5) is 11.9. The number of ether oxygens (including phenoxy) is 1. The summed E-state index contributed by atoms with van der Waals surface area (Å²) in [5, 5.41) is 8.10. The minimum atomic E-state index is -0.311. The fraction of sp³-hybridized carbons (Fsp3) is 0.727. The molecule has 1 spiro atoms. The van der Waals surface area contributed by atoms with Crippen molar-refractivity contribution in [3.8, 4) is 0 Å². The van der Waals surface area contributed by atoms with Gasteiger partial charge in [-0.2, -0.15) is 0 Å². The van der Waals surface area contributed by atoms with Crippen molar-refractivity contribution in [1.82, 2.24) is 0 Å². The van der Waals surface area contributed by atoms with Gasteiger partial charge in [-0.15, -0.1) is 0 Å². The van der Waals surface area contributed by atoms with E-state index in [0.717, 1.165) is 48.1 Å². The van der Waals surface area contributed by atoms with Crippen LogP contribution >= 0.6 is 0 Å². The van der Waals surface area contributed by atoms with Crippen LogP contribution in [-0.2, 0) is 9.53 Å². The van der Waals surface area contributed by atoms with Crippen LogP contribution in [0.2, 0.25) is 0 Å². The molecule has 25 heavy (non-hydrogen) atoms. The molecule has 5 unspecified atom stereocenters. The minimum absolute atomic E-state index is 0.132. The Hall–Kier alpha value is -1.38. The van der Waals surface area contributed by atoms with Gasteiger partial charge in [0.1, 0.15) is 5.60 Å². The minimum Gasteiger partial charge on any atom is -0.451 e. The van der Waals surface area contributed by atoms with Crippen LogP contribution in [-0.4, -0.2) is 17.3 Å². The monoisotopic (exact) mass is 337 g/mol. The molecule has 0 saturated heterocycles. The molecule has 6 aliphatic rings. The number of carbonyl (C=O) groups excluding carboxylic acids is 1. The molecule has 4 saturated carbocycles. The van der Waals surface area contributed by atoms with Crippen LogP contribution in [0.5, 0.6) is 0 Å². The van der Waals surface area contributed by atoms with Crippen LogP contribution in [0.3, 0.4) is 0 Å². The van der Waals surface area contributed by atoms with Gasteiger partial charge in [-0.25, -0.2) is 4.79 Å². The van der Waals surface area contributed by atoms with Crippen LogP contribution in [0.4, 0.5) is 0 Å². The van der Waals surface area contributed by atoms with Crippen LogP contribution in [0, 0.1) is 46.3 Å². The van der Waals surface area contributed by atoms with Crippen molar-refractivity contribution in [2.24, 2.45) is 40.9 Å². The van der Waals surface area contributed by atoms with E-state index in [0.29, 0.717) is 5.92 Å². The van der Waals surface area contributed by atoms with Gasteiger partial charge in [0.15, 0.2) is 0 Å². The molecule has 6 rings (SSSR count). The molecule has 3 nitrogen and oxygen atoms in total. The van der Waals surface area contributed by atoms with Crippen molar-refractivity contribution in [1.29, 1.82) is 5.41 Å². The largest absolute Gasteiger partial charge is 0.451 e. The second kappa shape index (κ2) is 4.47. The fourth-order valence-electron chi connectivity index (χ4n) is 7.96. The lowest BCUT2D eigenvalue weighted by Crippen LogP contribution is -2.53. The Balaban J connectivity index is 1.38. The Morgan fingerprint density at radius 2 is 2.04 bits per heavy atom. The second-order valence-corrected chi connectivity index (χ2v) is 9.81. The van der Waals surface area contributed by atoms with Gasteiger partial charge >= 0.3 is 5.97 Å². The Labute approximate surface area is 149 Å². The van der Waals surface area contributed by atoms with Gasteiger partial charge in [-0.1, -0.05) is 12.5 Å². The number of hydrogen-bond acceptors (Lipinski definition) is 3. The second-order valence-electron chi connectivity index (χ2n) is 9.81. The molecule has 0 bridgehead atoms. The lowest BCUT2D eigenvalue weighted by molar-refractivity contribution is -0.161. The molecule has 1 N–H and O–H groups in total. The Kier molecular flexibility index (Phi) is 2.64. The average Bonchev–Trinajstić information content (AvgIpc) is 3.23. The molecular formula is C22H27NO2. The van der Waals surface area contributed by atoms with E-state index in [1.807, 2.05) is 0 Å². The molecule has 4 fully saturated rings. The molecule has 0 aromatic rings. The van der Waals surface area contributed by atoms with Crippen LogP contribution in [0.1, 0.15) is 51.9 Å². The maximum Gasteiger partial charge on any atom is 0.331 e. The van der Waals surface area contributed by atoms with Gasteiger partial charge in [-0.3, -0.25) is 0 Å². The quantitative estimate of drug-likeness (QED) is 0.671. The molecule has 5 aliphatic carbocycles. The Morgan fingerprint density at radius 1 is 1.16 bits per heavy atom. The Bertz CT molecular complexity index is 751. The van der Waals surface area contributed by atoms with Gasteiger partial charge in [0.25, 0.3) is 0 Å². The summed E-state index contributed by atoms with van der Waals surface area (Å²) in [6.45, 7) is 2.42. The zero-order valence-electron chi connectivity index (χ0n) is 15.0. The third-order valence-electron chi connectivity index (χ3n) is 9.11. The summed E-state index contributed by atoms with van der Waals surface area (Å²) in [6.07, 6.45) is 14.3. The van der Waals surface area contributed by atoms with E-state index >= 15 is 0 Å². The van der Waals surface area contributed by atoms with Gasteiger partial charge in [-0.05, 0) is 92.6 Å². The van der Waals surface area contributed by atoms with Gasteiger partial charge in [0, 0.05) is 17.2 Å². The van der Waals surface area contributed by atoms with Crippen molar-refractivity contribution in [3.63, 3.8) is 0 Å². The van der Waals surface area contributed by atoms with E-state index in [-0.39, 0.29) is 17.0 Å². The third kappa shape index (κ3) is 1.68. The molecule has 132 valence electrons. The highest BCUT2D eigenvalue weighted by atomic mass is 16.6. The first-order valence-corrected chi connectivity index (χ1v) is 10.2. The van der Waals surface area contributed by atoms with Crippen molar-refractivity contribution in [2.75, 3.05) is 0 Å². The van der Waals surface area contributed by atoms with Crippen molar-refractivity contribution < 1.29 is 9.53 Å². The number of rotatable bonds is 0. The first-order chi connectivity index (χ1) is 12.0. The van der Waals surface area contributed by atoms with E-state index in [1.54, 1.807) is 11.6 Å². The van der Waals surface area contributed by atoms with E-state index in [4.69, 9.17) is 10.1 Å². The van der Waals surface area contributed by atoms with Gasteiger partial charge in [0.2, 0.25) is 0 Å². The standard InChI is InChI=1S/C22H27NO2/c1-21-7-4-14-13-3-2-12(23)10-15(13)16-11-17(16)20(14)18(21)5-8-22(21)9-6-19(24)25-22/h6,9-10,13-14,16-18,20,23H,2-5,7-8,11H2,1H3/t13-,14?,16?,17?,18?,20?,21+,22-/m1/s1. The number of carbonyl (C=O) groups is 1. The van der Waals surface area contributed by atoms with Crippen LogP contribution in [0.15, 0.2) is 23.8 Å². The summed E-state index contributed by atoms with van der Waals surface area (Å²) in [5.41, 5.74) is 2.33. The molecule has 1 aliphatic heterocycles. The number of fused-ring (bicyclic) bond motifs is 9. The maximum atomic E-state index is 11.9. The summed E-state index contributed by atoms with van der Waals surface area (Å²) in [7, 11) is 0. The highest BCUT2D eigenvalue weighted by Gasteiger charge is 2.69. The summed E-state index contributed by atoms with van der Waals surface area (Å²) in [6, 6.07) is 0. The van der Waals surface area contributed by atoms with Crippen molar-refractivity contribution in [2.45, 2.75) is 57.5 Å². The van der Waals surface area contributed by atoms with Crippen LogP contribution in [0.25, 0.3) is 0 Å². The molecule has 0 radical (unpaired) electrons. The van der Waals surface area contributed by atoms with Crippen molar-refractivity contribution >= 4 is 11.7 Å². The third-order valence-corrected chi connectivity index (χ3v) is 9.11. The van der Waals surface area contributed by atoms with E-state index in [2.05, 4.69) is 19.1 Å². The molecule has 1 heterocycles. The first-order valence-electron chi connectivity index (χ1n) is 10.2. The molecule has 8 atom stereocenters. The number of esters is 1. The highest BCUT2D eigenvalue weighted by molar-refractivity contribution is 5.94. The predicted molar refractivity (Wildman–Crippen MR) is 95.1 cm³/mol. The molecule has 3 heteroatoms. The lowest BCUT2D eigenvalue weighted by atomic mass is 9.50. The number of nitrogens with one attached hydrogen (secondary N) is 1. The van der Waals surface area contributed by atoms with Crippen molar-refractivity contribution in [3.05, 3.63) is 23.8 Å². The predicted octanol–water partition coefficient (Wildman–Crippen LogP) is 4.29. The zero-order chi connectivity index (χ0) is 17.0. The smallest absolute Gasteiger partial charge is 0.331 e. The summed E-state index contributed by atoms with van der Waals surface area (Å²) >= 11 is 0. The van der Waals surface area contributed by atoms with Gasteiger partial charge in [0.05, 0.1) is 0 Å². The Morgan fingerprint density at radius 3 is 2.84 bits per heavy atom. The van der Waals surface area contributed by atoms with E-state index in [9.17, 15) is 4.79 Å². The highest BCUT2D eigenvalue weighted by Crippen LogP contribution is 2.72. The molecule has 0 amide bonds. The summed E-state index contributed by atoms with van der Waals surface area (Å²) < 4.78 is 5.94. The number of allylic oxidation sites excluding steroid dienone is 2. The number of hydrogen-bond donors (Lipinski definition) is 1. The van der Waals surface area contributed by atoms with E-state index < -0.39 is 0 Å². The normalized spacial score (nSPS) is 55.2. The maximum absolute atomic E-state index is 11.9. The SMILES string of the molecule is C[C@]12CCC3C(C4CC4C4=CC(=N)CC[C@@H]43)C1CC[C@@]21C=CC(=O)O1. The zero-order valence-corrected chi connectivity index (χ0v) is 15.0. The summed E-state index contributed by atoms with van der Waals surface area (Å²) in [5.74, 6) is 4.58. The van der Waals surface area contributed by atoms with Gasteiger partial charge < -0.3 is 10.1 Å². The van der Waals surface area contributed by atoms with Crippen LogP contribution < -0.4 is 0 Å². The first kappa shape index (κ1) is 14.8. The lowest BCUT2D eigenvalue weighted by Gasteiger charge is -2.55. The molecular weight excluding hydrogens is 310 g/mol. The fourth-order valence-corrected chi connectivity index (χ4v) is 7.96. The van der Waals surface area contributed by atoms with E-state index in [1.165, 1.54) is 32.1 Å². The topological polar surface area (TPSA) is 50.2 Å². The average molecular weight is 337 g/mol. The molecule has 0 aromatic heterocycles.